The van der Waals surface area contributed by atoms with E-state index in [1.54, 1.807) is 6.07 Å². The van der Waals surface area contributed by atoms with Crippen molar-refractivity contribution in [1.82, 2.24) is 10.2 Å². The second-order valence-electron chi connectivity index (χ2n) is 6.35. The highest BCUT2D eigenvalue weighted by atomic mass is 79.9. The fourth-order valence-corrected chi connectivity index (χ4v) is 3.52. The largest absolute Gasteiger partial charge is 0.506 e. The molecule has 0 radical (unpaired) electrons. The lowest BCUT2D eigenvalue weighted by atomic mass is 9.80. The highest BCUT2D eigenvalue weighted by molar-refractivity contribution is 9.10. The summed E-state index contributed by atoms with van der Waals surface area (Å²) in [5.74, 6) is 0.260. The van der Waals surface area contributed by atoms with Gasteiger partial charge >= 0.3 is 0 Å². The van der Waals surface area contributed by atoms with Crippen LogP contribution in [0.3, 0.4) is 0 Å². The molecule has 1 aromatic carbocycles. The summed E-state index contributed by atoms with van der Waals surface area (Å²) in [5, 5.41) is 14.5. The van der Waals surface area contributed by atoms with Gasteiger partial charge in [0.1, 0.15) is 5.75 Å². The van der Waals surface area contributed by atoms with Gasteiger partial charge in [0.25, 0.3) is 0 Å². The lowest BCUT2D eigenvalue weighted by Gasteiger charge is -2.43. The van der Waals surface area contributed by atoms with Gasteiger partial charge in [-0.2, -0.15) is 0 Å². The Balaban J connectivity index is 0.00000220. The van der Waals surface area contributed by atoms with Crippen LogP contribution in [0.25, 0.3) is 0 Å². The minimum Gasteiger partial charge on any atom is -0.506 e. The first-order chi connectivity index (χ1) is 9.32. The van der Waals surface area contributed by atoms with Crippen LogP contribution in [0.15, 0.2) is 16.6 Å². The number of hydrogen-bond acceptors (Lipinski definition) is 3. The number of nitrogens with zero attached hydrogens (tertiary/aromatic N) is 1. The molecule has 0 aliphatic carbocycles. The molecular formula is C15H24BrCl3N2O. The summed E-state index contributed by atoms with van der Waals surface area (Å²) in [4.78, 5) is 2.41. The zero-order valence-electron chi connectivity index (χ0n) is 13.0. The third-order valence-electron chi connectivity index (χ3n) is 3.73. The average molecular weight is 435 g/mol. The number of piperazine rings is 1. The summed E-state index contributed by atoms with van der Waals surface area (Å²) in [6, 6.07) is 3.73. The Hall–Kier alpha value is 0.290. The Morgan fingerprint density at radius 1 is 1.23 bits per heavy atom. The van der Waals surface area contributed by atoms with Crippen molar-refractivity contribution < 1.29 is 5.11 Å². The first kappa shape index (κ1) is 22.3. The van der Waals surface area contributed by atoms with Crippen LogP contribution in [-0.4, -0.2) is 36.2 Å². The normalized spacial score (nSPS) is 17.3. The standard InChI is InChI=1S/C15H22BrClN2O.2ClH/c1-15(2,3)14(19-8-6-18-7-9-19)12-11(17)5-4-10(16)13(12)20;;/h4-5,14,18,20H,6-9H2,1-3H3;2*1H/t14-;;/m0../s1. The lowest BCUT2D eigenvalue weighted by molar-refractivity contribution is 0.0842. The van der Waals surface area contributed by atoms with Crippen LogP contribution in [-0.2, 0) is 0 Å². The summed E-state index contributed by atoms with van der Waals surface area (Å²) >= 11 is 9.80. The fourth-order valence-electron chi connectivity index (χ4n) is 2.92. The predicted molar refractivity (Wildman–Crippen MR) is 102 cm³/mol. The van der Waals surface area contributed by atoms with Gasteiger partial charge in [-0.05, 0) is 33.5 Å². The van der Waals surface area contributed by atoms with E-state index in [-0.39, 0.29) is 42.0 Å². The number of phenols is 1. The fraction of sp³-hybridized carbons (Fsp3) is 0.600. The van der Waals surface area contributed by atoms with Crippen molar-refractivity contribution in [3.8, 4) is 5.75 Å². The summed E-state index contributed by atoms with van der Waals surface area (Å²) < 4.78 is 0.696. The molecule has 128 valence electrons. The predicted octanol–water partition coefficient (Wildman–Crippen LogP) is 4.64. The smallest absolute Gasteiger partial charge is 0.136 e. The molecule has 7 heteroatoms. The second-order valence-corrected chi connectivity index (χ2v) is 7.61. The van der Waals surface area contributed by atoms with Gasteiger partial charge in [0.15, 0.2) is 0 Å². The van der Waals surface area contributed by atoms with Crippen molar-refractivity contribution in [1.29, 1.82) is 0 Å². The van der Waals surface area contributed by atoms with E-state index < -0.39 is 0 Å². The first-order valence-corrected chi connectivity index (χ1v) is 8.11. The van der Waals surface area contributed by atoms with E-state index in [0.29, 0.717) is 9.50 Å². The molecule has 1 fully saturated rings. The number of benzene rings is 1. The van der Waals surface area contributed by atoms with Crippen LogP contribution in [0.2, 0.25) is 5.02 Å². The maximum Gasteiger partial charge on any atom is 0.136 e. The molecule has 22 heavy (non-hydrogen) atoms. The number of phenolic OH excluding ortho intramolecular Hbond substituents is 1. The number of rotatable bonds is 2. The van der Waals surface area contributed by atoms with E-state index >= 15 is 0 Å². The monoisotopic (exact) mass is 432 g/mol. The van der Waals surface area contributed by atoms with Gasteiger partial charge in [-0.3, -0.25) is 4.90 Å². The molecule has 1 aromatic rings. The molecule has 0 amide bonds. The van der Waals surface area contributed by atoms with E-state index in [0.717, 1.165) is 31.7 Å². The van der Waals surface area contributed by atoms with Gasteiger partial charge < -0.3 is 10.4 Å². The van der Waals surface area contributed by atoms with Crippen LogP contribution in [0.4, 0.5) is 0 Å². The van der Waals surface area contributed by atoms with Crippen LogP contribution in [0.1, 0.15) is 32.4 Å². The van der Waals surface area contributed by atoms with Gasteiger partial charge in [-0.25, -0.2) is 0 Å². The Morgan fingerprint density at radius 3 is 2.27 bits per heavy atom. The van der Waals surface area contributed by atoms with E-state index in [2.05, 4.69) is 46.9 Å². The van der Waals surface area contributed by atoms with E-state index in [4.69, 9.17) is 11.6 Å². The van der Waals surface area contributed by atoms with E-state index in [1.807, 2.05) is 6.07 Å². The van der Waals surface area contributed by atoms with Gasteiger partial charge in [0.05, 0.1) is 4.47 Å². The van der Waals surface area contributed by atoms with Crippen molar-refractivity contribution in [2.45, 2.75) is 26.8 Å². The van der Waals surface area contributed by atoms with Gasteiger partial charge in [-0.15, -0.1) is 24.8 Å². The van der Waals surface area contributed by atoms with Gasteiger partial charge in [-0.1, -0.05) is 32.4 Å². The molecule has 0 unspecified atom stereocenters. The summed E-state index contributed by atoms with van der Waals surface area (Å²) in [6.07, 6.45) is 0. The molecule has 1 atom stereocenters. The quantitative estimate of drug-likeness (QED) is 0.712. The molecule has 3 nitrogen and oxygen atoms in total. The summed E-state index contributed by atoms with van der Waals surface area (Å²) in [5.41, 5.74) is 0.814. The molecule has 1 saturated heterocycles. The van der Waals surface area contributed by atoms with Crippen molar-refractivity contribution in [2.24, 2.45) is 5.41 Å². The zero-order chi connectivity index (χ0) is 14.9. The highest BCUT2D eigenvalue weighted by Crippen LogP contribution is 2.46. The number of hydrogen-bond donors (Lipinski definition) is 2. The molecule has 1 heterocycles. The summed E-state index contributed by atoms with van der Waals surface area (Å²) in [6.45, 7) is 10.4. The van der Waals surface area contributed by atoms with Crippen molar-refractivity contribution in [3.05, 3.63) is 27.2 Å². The average Bonchev–Trinajstić information content (AvgIpc) is 2.39. The maximum absolute atomic E-state index is 10.5. The van der Waals surface area contributed by atoms with Gasteiger partial charge in [0.2, 0.25) is 0 Å². The van der Waals surface area contributed by atoms with Crippen molar-refractivity contribution in [2.75, 3.05) is 26.2 Å². The molecule has 0 bridgehead atoms. The zero-order valence-corrected chi connectivity index (χ0v) is 17.0. The third-order valence-corrected chi connectivity index (χ3v) is 4.69. The van der Waals surface area contributed by atoms with E-state index in [9.17, 15) is 5.11 Å². The third kappa shape index (κ3) is 4.89. The molecule has 1 aliphatic rings. The molecule has 2 rings (SSSR count). The molecule has 0 spiro atoms. The number of nitrogens with one attached hydrogen (secondary N) is 1. The van der Waals surface area contributed by atoms with Crippen LogP contribution >= 0.6 is 52.3 Å². The van der Waals surface area contributed by atoms with Crippen molar-refractivity contribution in [3.63, 3.8) is 0 Å². The van der Waals surface area contributed by atoms with E-state index in [1.165, 1.54) is 0 Å². The highest BCUT2D eigenvalue weighted by Gasteiger charge is 2.36. The Bertz CT molecular complexity index is 488. The summed E-state index contributed by atoms with van der Waals surface area (Å²) in [7, 11) is 0. The minimum absolute atomic E-state index is 0. The topological polar surface area (TPSA) is 35.5 Å². The lowest BCUT2D eigenvalue weighted by Crippen LogP contribution is -2.48. The molecule has 2 N–H and O–H groups in total. The molecule has 0 aromatic heterocycles. The van der Waals surface area contributed by atoms with Crippen molar-refractivity contribution >= 4 is 52.3 Å². The molecule has 1 aliphatic heterocycles. The first-order valence-electron chi connectivity index (χ1n) is 6.94. The Kier molecular flexibility index (Phi) is 9.07. The number of halogens is 4. The minimum atomic E-state index is -0.0146. The molecule has 0 saturated carbocycles. The Labute approximate surface area is 158 Å². The molecular weight excluding hydrogens is 410 g/mol. The second kappa shape index (κ2) is 8.95. The Morgan fingerprint density at radius 2 is 1.77 bits per heavy atom. The van der Waals surface area contributed by atoms with Gasteiger partial charge in [0, 0.05) is 42.8 Å². The van der Waals surface area contributed by atoms with Crippen LogP contribution in [0, 0.1) is 5.41 Å². The number of aromatic hydroxyl groups is 1. The SMILES string of the molecule is CC(C)(C)[C@H](c1c(Cl)ccc(Br)c1O)N1CCNCC1.Cl.Cl. The maximum atomic E-state index is 10.5. The van der Waals surface area contributed by atoms with Crippen LogP contribution < -0.4 is 5.32 Å². The van der Waals surface area contributed by atoms with Crippen LogP contribution in [0.5, 0.6) is 5.75 Å².